The van der Waals surface area contributed by atoms with Gasteiger partial charge in [0.15, 0.2) is 17.5 Å². The molecule has 0 saturated heterocycles. The number of nitrogens with zero attached hydrogens (tertiary/aromatic N) is 7. The maximum atomic E-state index is 10.0. The zero-order valence-corrected chi connectivity index (χ0v) is 52.9. The fraction of sp³-hybridized carbons (Fsp3) is 0. The van der Waals surface area contributed by atoms with Crippen molar-refractivity contribution in [1.29, 1.82) is 0 Å². The van der Waals surface area contributed by atoms with Crippen molar-refractivity contribution in [3.8, 4) is 95.7 Å². The number of hydrogen-bond donors (Lipinski definition) is 0. The smallest absolute Gasteiger partial charge is 0.213 e. The molecule has 478 valence electrons. The van der Waals surface area contributed by atoms with E-state index in [9.17, 15) is 17.5 Å². The average Bonchev–Trinajstić information content (AvgIpc) is 1.53. The van der Waals surface area contributed by atoms with E-state index in [-0.39, 0.29) is 139 Å². The van der Waals surface area contributed by atoms with Crippen molar-refractivity contribution in [2.75, 3.05) is 0 Å². The molecule has 0 bridgehead atoms. The van der Waals surface area contributed by atoms with E-state index in [1.165, 1.54) is 24.3 Å². The lowest BCUT2D eigenvalue weighted by atomic mass is 10.0. The number of para-hydroxylation sites is 2. The molecule has 0 unspecified atom stereocenters. The van der Waals surface area contributed by atoms with Gasteiger partial charge in [0.1, 0.15) is 22.3 Å². The molecule has 0 amide bonds. The average molecular weight is 1340 g/mol. The molecule has 0 aliphatic rings. The van der Waals surface area contributed by atoms with Gasteiger partial charge < -0.3 is 22.5 Å². The van der Waals surface area contributed by atoms with Crippen LogP contribution in [0.25, 0.3) is 210 Å². The SMILES string of the molecule is [2H]c1c([2H])c([2H])c(-c2ccc3oc4c(ccc5c4c4cc(-c6c([2H])c([2H])c([2H])c([2H])c6[2H])ccc4n5-c4c([N+]#[C-])cc(-c5nc(-c6c([2H])c([2H])c([2H])c([2H])c6[2H])nc(-c6c([2H])c([2H])c([2H])c([2H])c6[2H])n5)c(-n5c6ccc(-c7c([2H])c([2H])c([2H])c([2H])c7[2H])cc6c6c7oc8ccc(-c9c([2H])c([2H])c([2H])c([2H])c9[2H])cc8c7ccc65)c4-n4c5ccccc5c5ccccc54)c3c2)c([2H])c1[2H]. The fourth-order valence-electron chi connectivity index (χ4n) is 14.5. The molecule has 0 radical (unpaired) electrons. The minimum Gasteiger partial charge on any atom is -0.455 e. The summed E-state index contributed by atoms with van der Waals surface area (Å²) in [5, 5.41) is 3.54. The van der Waals surface area contributed by atoms with Crippen LogP contribution in [-0.4, -0.2) is 28.7 Å². The number of fused-ring (bicyclic) bond motifs is 17. The molecular formula is C94H55N7O2. The first-order valence-electron chi connectivity index (χ1n) is 47.1. The predicted molar refractivity (Wildman–Crippen MR) is 422 cm³/mol. The molecule has 21 aromatic rings. The highest BCUT2D eigenvalue weighted by molar-refractivity contribution is 6.27. The highest BCUT2D eigenvalue weighted by Crippen LogP contribution is 2.53. The number of hydrogen-bond acceptors (Lipinski definition) is 5. The second kappa shape index (κ2) is 22.9. The Hall–Kier alpha value is -14.2. The van der Waals surface area contributed by atoms with E-state index in [0.29, 0.717) is 43.4 Å². The van der Waals surface area contributed by atoms with Crippen molar-refractivity contribution in [3.05, 3.63) is 344 Å². The maximum absolute atomic E-state index is 10.0. The Morgan fingerprint density at radius 1 is 0.282 bits per heavy atom. The van der Waals surface area contributed by atoms with Crippen molar-refractivity contribution < 1.29 is 50.0 Å². The van der Waals surface area contributed by atoms with Crippen LogP contribution < -0.4 is 0 Å². The molecule has 103 heavy (non-hydrogen) atoms. The summed E-state index contributed by atoms with van der Waals surface area (Å²) in [4.78, 5) is 19.5. The van der Waals surface area contributed by atoms with Crippen LogP contribution in [0.5, 0.6) is 0 Å². The van der Waals surface area contributed by atoms with Gasteiger partial charge in [-0.05, 0) is 136 Å². The van der Waals surface area contributed by atoms with Crippen molar-refractivity contribution >= 4 is 115 Å². The summed E-state index contributed by atoms with van der Waals surface area (Å²) < 4.78 is 291. The standard InChI is InChI=1S/C94H55N7O2/c1-95-76-56-75(94-97-92(61-32-16-6-17-33-61)96-93(98-94)62-34-18-7-19-35-62)87(100-79-46-40-63(57-24-8-2-9-25-57)54-73(79)85-81(100)48-44-69-71-52-65(59-28-12-4-13-29-59)42-50-83(71)102-90(69)85)89(99-77-38-22-20-36-67(77)68-37-21-23-39-78(68)99)88(76)101-80-47-41-64(58-26-10-3-11-27-58)55-74(80)86-82(101)49-45-70-72-53-66(60-30-14-5-15-31-60)43-51-84(72)103-91(70)86/h2-56H/i2D,3D,4D,5D,6D,7D,8D,9D,10D,11D,12D,13D,14D,15D,16D,17D,18D,19D,24D,25D,26D,27D,28D,29D,30D,31D,32D,33D,34D,35D. The lowest BCUT2D eigenvalue weighted by Gasteiger charge is -2.26. The summed E-state index contributed by atoms with van der Waals surface area (Å²) in [6.45, 7) is 10.0. The summed E-state index contributed by atoms with van der Waals surface area (Å²) in [6, 6.07) is 21.1. The maximum Gasteiger partial charge on any atom is 0.213 e. The van der Waals surface area contributed by atoms with Gasteiger partial charge in [0.25, 0.3) is 0 Å². The van der Waals surface area contributed by atoms with Gasteiger partial charge in [0.05, 0.1) is 109 Å². The van der Waals surface area contributed by atoms with E-state index in [4.69, 9.17) is 53.9 Å². The molecular weight excluding hydrogens is 1260 g/mol. The van der Waals surface area contributed by atoms with Crippen molar-refractivity contribution in [1.82, 2.24) is 28.7 Å². The first kappa shape index (κ1) is 35.5. The van der Waals surface area contributed by atoms with Gasteiger partial charge in [-0.2, -0.15) is 0 Å². The monoisotopic (exact) mass is 1340 g/mol. The van der Waals surface area contributed by atoms with Gasteiger partial charge in [0, 0.05) is 59.8 Å². The quantitative estimate of drug-likeness (QED) is 0.127. The van der Waals surface area contributed by atoms with Crippen LogP contribution in [0.15, 0.2) is 342 Å². The topological polar surface area (TPSA) is 84.1 Å². The van der Waals surface area contributed by atoms with E-state index < -0.39 is 210 Å². The molecule has 0 fully saturated rings. The zero-order valence-electron chi connectivity index (χ0n) is 82.9. The minimum atomic E-state index is -0.864. The molecule has 21 rings (SSSR count). The van der Waals surface area contributed by atoms with Crippen LogP contribution in [0.1, 0.15) is 41.1 Å². The predicted octanol–water partition coefficient (Wildman–Crippen LogP) is 25.2. The fourth-order valence-corrected chi connectivity index (χ4v) is 14.5. The van der Waals surface area contributed by atoms with Crippen LogP contribution in [0.3, 0.4) is 0 Å². The Kier molecular flexibility index (Phi) is 7.91. The summed E-state index contributed by atoms with van der Waals surface area (Å²) in [5.41, 5.74) is 0.0902. The number of rotatable bonds is 10. The third-order valence-electron chi connectivity index (χ3n) is 18.8. The Morgan fingerprint density at radius 3 is 1.04 bits per heavy atom. The van der Waals surface area contributed by atoms with Crippen LogP contribution in [-0.2, 0) is 0 Å². The molecule has 0 saturated carbocycles. The molecule has 15 aromatic carbocycles. The van der Waals surface area contributed by atoms with Gasteiger partial charge in [-0.25, -0.2) is 19.8 Å². The number of benzene rings is 15. The van der Waals surface area contributed by atoms with Gasteiger partial charge in [-0.15, -0.1) is 0 Å². The van der Waals surface area contributed by atoms with Crippen LogP contribution in [0.4, 0.5) is 5.69 Å². The van der Waals surface area contributed by atoms with Gasteiger partial charge in [0.2, 0.25) is 5.69 Å². The van der Waals surface area contributed by atoms with E-state index >= 15 is 0 Å². The van der Waals surface area contributed by atoms with Gasteiger partial charge in [-0.1, -0.05) is 242 Å². The van der Waals surface area contributed by atoms with Crippen molar-refractivity contribution in [2.45, 2.75) is 0 Å². The molecule has 9 nitrogen and oxygen atoms in total. The number of aromatic nitrogens is 6. The Morgan fingerprint density at radius 2 is 0.621 bits per heavy atom. The van der Waals surface area contributed by atoms with E-state index in [2.05, 4.69) is 4.85 Å². The largest absolute Gasteiger partial charge is 0.455 e. The zero-order chi connectivity index (χ0) is 93.9. The molecule has 0 spiro atoms. The number of furan rings is 2. The molecule has 0 N–H and O–H groups in total. The van der Waals surface area contributed by atoms with Crippen molar-refractivity contribution in [2.24, 2.45) is 0 Å². The molecule has 9 heteroatoms. The third kappa shape index (κ3) is 9.01. The minimum absolute atomic E-state index is 0.00190. The van der Waals surface area contributed by atoms with Crippen LogP contribution in [0, 0.1) is 6.57 Å². The summed E-state index contributed by atoms with van der Waals surface area (Å²) >= 11 is 0. The molecule has 6 heterocycles. The first-order chi connectivity index (χ1) is 63.5. The molecule has 0 aliphatic heterocycles. The molecule has 0 aliphatic carbocycles. The summed E-state index contributed by atoms with van der Waals surface area (Å²) in [5.74, 6) is -2.00. The Bertz CT molecular complexity index is 8760. The van der Waals surface area contributed by atoms with E-state index in [1.54, 1.807) is 100 Å². The van der Waals surface area contributed by atoms with Crippen molar-refractivity contribution in [3.63, 3.8) is 0 Å². The van der Waals surface area contributed by atoms with Gasteiger partial charge >= 0.3 is 0 Å². The second-order valence-corrected chi connectivity index (χ2v) is 24.2. The Balaban J connectivity index is 1.01. The summed E-state index contributed by atoms with van der Waals surface area (Å²) in [7, 11) is 0. The first-order valence-corrected chi connectivity index (χ1v) is 32.1. The van der Waals surface area contributed by atoms with Crippen LogP contribution >= 0.6 is 0 Å². The highest BCUT2D eigenvalue weighted by Gasteiger charge is 2.33. The summed E-state index contributed by atoms with van der Waals surface area (Å²) in [6.07, 6.45) is 0. The van der Waals surface area contributed by atoms with E-state index in [0.717, 1.165) is 0 Å². The molecule has 6 aromatic heterocycles. The lowest BCUT2D eigenvalue weighted by Crippen LogP contribution is -2.12. The third-order valence-corrected chi connectivity index (χ3v) is 18.8. The second-order valence-electron chi connectivity index (χ2n) is 24.2. The van der Waals surface area contributed by atoms with Crippen LogP contribution in [0.2, 0.25) is 0 Å². The lowest BCUT2D eigenvalue weighted by molar-refractivity contribution is 0.672. The normalized spacial score (nSPS) is 16.0. The van der Waals surface area contributed by atoms with E-state index in [1.807, 2.05) is 41.0 Å². The highest BCUT2D eigenvalue weighted by atomic mass is 16.3. The Labute approximate surface area is 631 Å². The van der Waals surface area contributed by atoms with Gasteiger partial charge in [-0.3, -0.25) is 0 Å². The molecule has 0 atom stereocenters.